The summed E-state index contributed by atoms with van der Waals surface area (Å²) in [6.07, 6.45) is 5.08. The number of aryl methyl sites for hydroxylation is 2. The molecule has 6 heteroatoms. The molecule has 0 amide bonds. The molecule has 3 unspecified atom stereocenters. The molecule has 2 aliphatic heterocycles. The normalized spacial score (nSPS) is 30.6. The van der Waals surface area contributed by atoms with Crippen LogP contribution in [0.5, 0.6) is 0 Å². The Bertz CT molecular complexity index is 709. The summed E-state index contributed by atoms with van der Waals surface area (Å²) in [5, 5.41) is 12.0. The maximum atomic E-state index is 6.47. The summed E-state index contributed by atoms with van der Waals surface area (Å²) >= 11 is 1.98. The monoisotopic (exact) mass is 332 g/mol. The van der Waals surface area contributed by atoms with Crippen molar-refractivity contribution in [3.05, 3.63) is 33.3 Å². The Morgan fingerprint density at radius 1 is 1.52 bits per heavy atom. The highest BCUT2D eigenvalue weighted by Crippen LogP contribution is 2.49. The van der Waals surface area contributed by atoms with E-state index in [-0.39, 0.29) is 11.6 Å². The van der Waals surface area contributed by atoms with Gasteiger partial charge in [0.15, 0.2) is 0 Å². The van der Waals surface area contributed by atoms with E-state index in [0.717, 1.165) is 38.1 Å². The largest absolute Gasteiger partial charge is 0.369 e. The van der Waals surface area contributed by atoms with Gasteiger partial charge in [0.25, 0.3) is 0 Å². The number of ether oxygens (including phenoxy) is 1. The standard InChI is InChI=1S/C17H24N4OS/c1-4-12-7-13-16(23-12)11(2)10-22-17(13)5-6-18-14(8-17)15-9-21(3)20-19-15/h7,9,11,14,18H,4-6,8,10H2,1-3H3. The summed E-state index contributed by atoms with van der Waals surface area (Å²) in [4.78, 5) is 3.01. The van der Waals surface area contributed by atoms with Crippen molar-refractivity contribution in [3.63, 3.8) is 0 Å². The van der Waals surface area contributed by atoms with E-state index in [9.17, 15) is 0 Å². The van der Waals surface area contributed by atoms with E-state index in [1.807, 2.05) is 24.6 Å². The zero-order valence-electron chi connectivity index (χ0n) is 14.0. The SMILES string of the molecule is CCc1cc2c(s1)C(C)COC21CCNC(c2cn(C)nn2)C1. The average Bonchev–Trinajstić information content (AvgIpc) is 3.19. The van der Waals surface area contributed by atoms with Gasteiger partial charge in [-0.2, -0.15) is 0 Å². The molecule has 23 heavy (non-hydrogen) atoms. The Balaban J connectivity index is 1.70. The van der Waals surface area contributed by atoms with Crippen molar-refractivity contribution in [2.45, 2.75) is 50.7 Å². The lowest BCUT2D eigenvalue weighted by atomic mass is 9.78. The second-order valence-corrected chi connectivity index (χ2v) is 8.00. The lowest BCUT2D eigenvalue weighted by Gasteiger charge is -2.44. The van der Waals surface area contributed by atoms with E-state index in [4.69, 9.17) is 4.74 Å². The van der Waals surface area contributed by atoms with E-state index in [2.05, 4.69) is 35.5 Å². The molecule has 0 radical (unpaired) electrons. The molecule has 1 saturated heterocycles. The Morgan fingerprint density at radius 3 is 3.13 bits per heavy atom. The quantitative estimate of drug-likeness (QED) is 0.919. The molecule has 5 nitrogen and oxygen atoms in total. The zero-order chi connectivity index (χ0) is 16.0. The molecule has 1 spiro atoms. The fourth-order valence-electron chi connectivity index (χ4n) is 3.85. The molecular formula is C17H24N4OS. The van der Waals surface area contributed by atoms with Gasteiger partial charge >= 0.3 is 0 Å². The molecule has 2 aromatic heterocycles. The van der Waals surface area contributed by atoms with Crippen molar-refractivity contribution < 1.29 is 4.74 Å². The van der Waals surface area contributed by atoms with Crippen molar-refractivity contribution in [1.29, 1.82) is 0 Å². The van der Waals surface area contributed by atoms with E-state index in [1.165, 1.54) is 15.3 Å². The van der Waals surface area contributed by atoms with Gasteiger partial charge in [0.1, 0.15) is 0 Å². The van der Waals surface area contributed by atoms with Gasteiger partial charge in [-0.15, -0.1) is 16.4 Å². The summed E-state index contributed by atoms with van der Waals surface area (Å²) in [6, 6.07) is 2.61. The molecule has 0 aromatic carbocycles. The summed E-state index contributed by atoms with van der Waals surface area (Å²) in [5.74, 6) is 0.505. The summed E-state index contributed by atoms with van der Waals surface area (Å²) in [5.41, 5.74) is 2.30. The van der Waals surface area contributed by atoms with Crippen molar-refractivity contribution in [2.24, 2.45) is 7.05 Å². The second kappa shape index (κ2) is 5.69. The first-order valence-corrected chi connectivity index (χ1v) is 9.29. The molecule has 2 aromatic rings. The number of thiophene rings is 1. The Hall–Kier alpha value is -1.24. The van der Waals surface area contributed by atoms with Crippen LogP contribution in [0.2, 0.25) is 0 Å². The molecule has 1 N–H and O–H groups in total. The maximum Gasteiger partial charge on any atom is 0.0997 e. The van der Waals surface area contributed by atoms with Crippen molar-refractivity contribution in [2.75, 3.05) is 13.2 Å². The van der Waals surface area contributed by atoms with Crippen LogP contribution in [0.3, 0.4) is 0 Å². The summed E-state index contributed by atoms with van der Waals surface area (Å²) in [7, 11) is 1.92. The number of aromatic nitrogens is 3. The first-order chi connectivity index (χ1) is 11.1. The molecule has 2 aliphatic rings. The van der Waals surface area contributed by atoms with Crippen molar-refractivity contribution in [3.8, 4) is 0 Å². The van der Waals surface area contributed by atoms with Crippen LogP contribution in [0.15, 0.2) is 12.3 Å². The number of fused-ring (bicyclic) bond motifs is 2. The molecule has 0 bridgehead atoms. The van der Waals surface area contributed by atoms with Crippen LogP contribution in [0.25, 0.3) is 0 Å². The molecule has 1 fully saturated rings. The number of hydrogen-bond acceptors (Lipinski definition) is 5. The van der Waals surface area contributed by atoms with Gasteiger partial charge in [-0.1, -0.05) is 19.1 Å². The van der Waals surface area contributed by atoms with Crippen LogP contribution in [0, 0.1) is 0 Å². The van der Waals surface area contributed by atoms with Gasteiger partial charge in [0, 0.05) is 35.3 Å². The Morgan fingerprint density at radius 2 is 2.39 bits per heavy atom. The molecule has 0 saturated carbocycles. The van der Waals surface area contributed by atoms with Crippen molar-refractivity contribution in [1.82, 2.24) is 20.3 Å². The summed E-state index contributed by atoms with van der Waals surface area (Å²) < 4.78 is 8.24. The average molecular weight is 332 g/mol. The third-order valence-electron chi connectivity index (χ3n) is 5.14. The maximum absolute atomic E-state index is 6.47. The van der Waals surface area contributed by atoms with Gasteiger partial charge in [-0.25, -0.2) is 0 Å². The lowest BCUT2D eigenvalue weighted by molar-refractivity contribution is -0.0958. The Labute approximate surface area is 141 Å². The van der Waals surface area contributed by atoms with Gasteiger partial charge in [0.2, 0.25) is 0 Å². The highest BCUT2D eigenvalue weighted by molar-refractivity contribution is 7.12. The minimum atomic E-state index is -0.154. The first kappa shape index (κ1) is 15.3. The van der Waals surface area contributed by atoms with E-state index in [0.29, 0.717) is 5.92 Å². The highest BCUT2D eigenvalue weighted by atomic mass is 32.1. The number of rotatable bonds is 2. The molecule has 4 heterocycles. The van der Waals surface area contributed by atoms with Crippen molar-refractivity contribution >= 4 is 11.3 Å². The fraction of sp³-hybridized carbons (Fsp3) is 0.647. The van der Waals surface area contributed by atoms with Crippen LogP contribution in [0.1, 0.15) is 59.7 Å². The van der Waals surface area contributed by atoms with Crippen LogP contribution < -0.4 is 5.32 Å². The van der Waals surface area contributed by atoms with E-state index in [1.54, 1.807) is 4.68 Å². The van der Waals surface area contributed by atoms with Crippen LogP contribution in [-0.2, 0) is 23.8 Å². The number of hydrogen-bond donors (Lipinski definition) is 1. The number of nitrogens with zero attached hydrogens (tertiary/aromatic N) is 3. The number of nitrogens with one attached hydrogen (secondary N) is 1. The predicted octanol–water partition coefficient (Wildman–Crippen LogP) is 2.89. The van der Waals surface area contributed by atoms with Gasteiger partial charge in [-0.05, 0) is 31.0 Å². The molecular weight excluding hydrogens is 308 g/mol. The van der Waals surface area contributed by atoms with Crippen LogP contribution in [0.4, 0.5) is 0 Å². The number of piperidine rings is 1. The minimum absolute atomic E-state index is 0.154. The molecule has 124 valence electrons. The Kier molecular flexibility index (Phi) is 3.78. The van der Waals surface area contributed by atoms with E-state index >= 15 is 0 Å². The second-order valence-electron chi connectivity index (χ2n) is 6.83. The molecule has 4 rings (SSSR count). The zero-order valence-corrected chi connectivity index (χ0v) is 14.8. The van der Waals surface area contributed by atoms with Gasteiger partial charge < -0.3 is 10.1 Å². The van der Waals surface area contributed by atoms with Gasteiger partial charge in [0.05, 0.1) is 23.9 Å². The highest BCUT2D eigenvalue weighted by Gasteiger charge is 2.45. The molecule has 3 atom stereocenters. The minimum Gasteiger partial charge on any atom is -0.369 e. The predicted molar refractivity (Wildman–Crippen MR) is 90.7 cm³/mol. The molecule has 0 aliphatic carbocycles. The topological polar surface area (TPSA) is 52.0 Å². The third-order valence-corrected chi connectivity index (χ3v) is 6.65. The van der Waals surface area contributed by atoms with Crippen LogP contribution in [-0.4, -0.2) is 28.1 Å². The van der Waals surface area contributed by atoms with Crippen LogP contribution >= 0.6 is 11.3 Å². The summed E-state index contributed by atoms with van der Waals surface area (Å²) in [6.45, 7) is 6.29. The lowest BCUT2D eigenvalue weighted by Crippen LogP contribution is -2.46. The van der Waals surface area contributed by atoms with E-state index < -0.39 is 0 Å². The smallest absolute Gasteiger partial charge is 0.0997 e. The first-order valence-electron chi connectivity index (χ1n) is 8.48. The van der Waals surface area contributed by atoms with Gasteiger partial charge in [-0.3, -0.25) is 4.68 Å². The fourth-order valence-corrected chi connectivity index (χ4v) is 5.08. The third kappa shape index (κ3) is 2.53.